The number of hydrogen-bond donors (Lipinski definition) is 1. The lowest BCUT2D eigenvalue weighted by molar-refractivity contribution is -0.199. The Morgan fingerprint density at radius 2 is 1.94 bits per heavy atom. The third kappa shape index (κ3) is 4.93. The van der Waals surface area contributed by atoms with E-state index in [2.05, 4.69) is 60.0 Å². The molecule has 8 heteroatoms. The predicted molar refractivity (Wildman–Crippen MR) is 126 cm³/mol. The molecule has 1 N–H and O–H groups in total. The Labute approximate surface area is 190 Å². The van der Waals surface area contributed by atoms with Crippen LogP contribution in [0.1, 0.15) is 60.8 Å². The molecule has 3 aliphatic carbocycles. The van der Waals surface area contributed by atoms with Gasteiger partial charge in [-0.25, -0.2) is 0 Å². The molecule has 0 amide bonds. The SMILES string of the molecule is COC(=O)CC(CNCCB1O[C@@H]2C[C@@H]3C[C@@H](C3(C)C)[C@]2(C)O1)O[Si](C)(C)C(C)(C)C. The highest BCUT2D eigenvalue weighted by molar-refractivity contribution is 6.74. The minimum atomic E-state index is -1.98. The molecule has 1 saturated heterocycles. The zero-order valence-electron chi connectivity index (χ0n) is 21.2. The second kappa shape index (κ2) is 8.75. The fraction of sp³-hybridized carbons (Fsp3) is 0.957. The van der Waals surface area contributed by atoms with Gasteiger partial charge < -0.3 is 23.8 Å². The number of rotatable bonds is 9. The zero-order valence-corrected chi connectivity index (χ0v) is 22.2. The number of esters is 1. The number of hydrogen-bond acceptors (Lipinski definition) is 6. The van der Waals surface area contributed by atoms with Crippen molar-refractivity contribution >= 4 is 21.4 Å². The smallest absolute Gasteiger partial charge is 0.458 e. The summed E-state index contributed by atoms with van der Waals surface area (Å²) < 4.78 is 24.2. The van der Waals surface area contributed by atoms with Crippen LogP contribution in [0.2, 0.25) is 24.5 Å². The summed E-state index contributed by atoms with van der Waals surface area (Å²) in [5.41, 5.74) is 0.214. The molecule has 2 bridgehead atoms. The maximum absolute atomic E-state index is 11.9. The average Bonchev–Trinajstić information content (AvgIpc) is 2.99. The predicted octanol–water partition coefficient (Wildman–Crippen LogP) is 4.26. The van der Waals surface area contributed by atoms with Crippen molar-refractivity contribution in [2.45, 2.75) is 103 Å². The first kappa shape index (κ1) is 25.2. The Hall–Kier alpha value is -0.408. The molecule has 1 aliphatic heterocycles. The maximum atomic E-state index is 11.9. The van der Waals surface area contributed by atoms with Gasteiger partial charge in [-0.15, -0.1) is 0 Å². The summed E-state index contributed by atoms with van der Waals surface area (Å²) in [5, 5.41) is 3.57. The van der Waals surface area contributed by atoms with Crippen LogP contribution in [0, 0.1) is 17.3 Å². The molecule has 0 aromatic heterocycles. The van der Waals surface area contributed by atoms with Crippen molar-refractivity contribution in [3.05, 3.63) is 0 Å². The average molecular weight is 454 g/mol. The van der Waals surface area contributed by atoms with E-state index in [0.717, 1.165) is 25.2 Å². The summed E-state index contributed by atoms with van der Waals surface area (Å²) >= 11 is 0. The number of carbonyl (C=O) groups excluding carboxylic acids is 1. The van der Waals surface area contributed by atoms with Crippen molar-refractivity contribution in [3.63, 3.8) is 0 Å². The van der Waals surface area contributed by atoms with Crippen LogP contribution in [-0.2, 0) is 23.3 Å². The van der Waals surface area contributed by atoms with E-state index in [1.165, 1.54) is 13.5 Å². The molecule has 5 atom stereocenters. The summed E-state index contributed by atoms with van der Waals surface area (Å²) in [6.07, 6.45) is 3.49. The highest BCUT2D eigenvalue weighted by Gasteiger charge is 2.67. The van der Waals surface area contributed by atoms with Crippen LogP contribution < -0.4 is 5.32 Å². The highest BCUT2D eigenvalue weighted by atomic mass is 28.4. The van der Waals surface area contributed by atoms with Crippen LogP contribution in [0.5, 0.6) is 0 Å². The van der Waals surface area contributed by atoms with Crippen molar-refractivity contribution in [1.29, 1.82) is 0 Å². The molecule has 1 unspecified atom stereocenters. The monoisotopic (exact) mass is 453 g/mol. The molecule has 0 radical (unpaired) electrons. The Morgan fingerprint density at radius 3 is 2.52 bits per heavy atom. The highest BCUT2D eigenvalue weighted by Crippen LogP contribution is 2.65. The van der Waals surface area contributed by atoms with E-state index in [1.54, 1.807) is 0 Å². The number of nitrogens with one attached hydrogen (secondary N) is 1. The second-order valence-corrected chi connectivity index (χ2v) is 16.9. The van der Waals surface area contributed by atoms with Crippen molar-refractivity contribution in [2.24, 2.45) is 17.3 Å². The first-order valence-corrected chi connectivity index (χ1v) is 14.9. The van der Waals surface area contributed by atoms with Gasteiger partial charge in [-0.2, -0.15) is 0 Å². The largest absolute Gasteiger partial charge is 0.469 e. The van der Waals surface area contributed by atoms with Gasteiger partial charge >= 0.3 is 13.1 Å². The molecule has 4 rings (SSSR count). The van der Waals surface area contributed by atoms with E-state index in [9.17, 15) is 4.79 Å². The quantitative estimate of drug-likeness (QED) is 0.320. The minimum absolute atomic E-state index is 0.0904. The third-order valence-electron chi connectivity index (χ3n) is 8.82. The fourth-order valence-electron chi connectivity index (χ4n) is 5.58. The van der Waals surface area contributed by atoms with Gasteiger partial charge in [0.05, 0.1) is 31.3 Å². The van der Waals surface area contributed by atoms with Gasteiger partial charge in [0.15, 0.2) is 8.32 Å². The summed E-state index contributed by atoms with van der Waals surface area (Å²) in [4.78, 5) is 11.9. The van der Waals surface area contributed by atoms with Crippen LogP contribution in [0.25, 0.3) is 0 Å². The van der Waals surface area contributed by atoms with Gasteiger partial charge in [-0.05, 0) is 68.0 Å². The lowest BCUT2D eigenvalue weighted by Crippen LogP contribution is -2.65. The number of ether oxygens (including phenoxy) is 1. The Balaban J connectivity index is 1.48. The van der Waals surface area contributed by atoms with Crippen molar-refractivity contribution in [1.82, 2.24) is 5.32 Å². The molecule has 4 aliphatic rings. The van der Waals surface area contributed by atoms with Gasteiger partial charge in [-0.1, -0.05) is 34.6 Å². The second-order valence-electron chi connectivity index (χ2n) is 12.2. The summed E-state index contributed by atoms with van der Waals surface area (Å²) in [5.74, 6) is 1.12. The minimum Gasteiger partial charge on any atom is -0.469 e. The fourth-order valence-corrected chi connectivity index (χ4v) is 6.93. The summed E-state index contributed by atoms with van der Waals surface area (Å²) in [6, 6.07) is 0. The topological polar surface area (TPSA) is 66.0 Å². The van der Waals surface area contributed by atoms with Crippen LogP contribution in [0.4, 0.5) is 0 Å². The standard InChI is InChI=1S/C23H44BNO5Si/c1-21(2,3)31(8,9)29-17(14-20(26)27-7)15-25-11-10-24-28-19-13-16-12-18(22(16,4)5)23(19,6)30-24/h16-19,25H,10-15H2,1-9H3/t16-,17?,18-,19+,23-/m0/s1. The molecule has 0 spiro atoms. The van der Waals surface area contributed by atoms with Gasteiger partial charge in [0, 0.05) is 6.54 Å². The molecular weight excluding hydrogens is 409 g/mol. The van der Waals surface area contributed by atoms with Crippen LogP contribution >= 0.6 is 0 Å². The maximum Gasteiger partial charge on any atom is 0.458 e. The number of carbonyl (C=O) groups is 1. The van der Waals surface area contributed by atoms with E-state index in [1.807, 2.05) is 0 Å². The molecule has 3 saturated carbocycles. The molecule has 0 aromatic carbocycles. The van der Waals surface area contributed by atoms with E-state index >= 15 is 0 Å². The van der Waals surface area contributed by atoms with Crippen molar-refractivity contribution in [2.75, 3.05) is 20.2 Å². The Kier molecular flexibility index (Phi) is 7.12. The van der Waals surface area contributed by atoms with Crippen molar-refractivity contribution in [3.8, 4) is 0 Å². The summed E-state index contributed by atoms with van der Waals surface area (Å²) in [7, 11) is -0.703. The van der Waals surface area contributed by atoms with Crippen LogP contribution in [0.15, 0.2) is 0 Å². The molecule has 6 nitrogen and oxygen atoms in total. The lowest BCUT2D eigenvalue weighted by atomic mass is 9.43. The normalized spacial score (nSPS) is 32.9. The molecular formula is C23H44BNO5Si. The van der Waals surface area contributed by atoms with Gasteiger partial charge in [0.2, 0.25) is 0 Å². The Morgan fingerprint density at radius 1 is 1.26 bits per heavy atom. The molecule has 4 fully saturated rings. The van der Waals surface area contributed by atoms with E-state index in [0.29, 0.717) is 17.9 Å². The first-order valence-electron chi connectivity index (χ1n) is 12.0. The molecule has 1 heterocycles. The first-order chi connectivity index (χ1) is 14.2. The van der Waals surface area contributed by atoms with Gasteiger partial charge in [-0.3, -0.25) is 4.79 Å². The van der Waals surface area contributed by atoms with E-state index in [4.69, 9.17) is 18.5 Å². The third-order valence-corrected chi connectivity index (χ3v) is 13.4. The van der Waals surface area contributed by atoms with Crippen molar-refractivity contribution < 1.29 is 23.3 Å². The van der Waals surface area contributed by atoms with E-state index < -0.39 is 8.32 Å². The summed E-state index contributed by atoms with van der Waals surface area (Å²) in [6.45, 7) is 19.5. The lowest BCUT2D eigenvalue weighted by Gasteiger charge is -2.64. The molecule has 31 heavy (non-hydrogen) atoms. The molecule has 0 aromatic rings. The molecule has 178 valence electrons. The number of methoxy groups -OCH3 is 1. The van der Waals surface area contributed by atoms with Crippen LogP contribution in [0.3, 0.4) is 0 Å². The van der Waals surface area contributed by atoms with E-state index in [-0.39, 0.29) is 42.4 Å². The van der Waals surface area contributed by atoms with Gasteiger partial charge in [0.1, 0.15) is 0 Å². The van der Waals surface area contributed by atoms with Crippen LogP contribution in [-0.4, -0.2) is 59.4 Å². The zero-order chi connectivity index (χ0) is 23.2. The Bertz CT molecular complexity index is 667. The van der Waals surface area contributed by atoms with Gasteiger partial charge in [0.25, 0.3) is 0 Å².